The van der Waals surface area contributed by atoms with Gasteiger partial charge in [-0.1, -0.05) is 6.92 Å². The highest BCUT2D eigenvalue weighted by atomic mass is 19.1. The molecular weight excluding hydrogens is 226 g/mol. The first kappa shape index (κ1) is 12.0. The van der Waals surface area contributed by atoms with Crippen LogP contribution in [0.25, 0.3) is 0 Å². The lowest BCUT2D eigenvalue weighted by atomic mass is 9.64. The van der Waals surface area contributed by atoms with E-state index in [0.717, 1.165) is 18.2 Å². The fourth-order valence-electron chi connectivity index (χ4n) is 2.03. The monoisotopic (exact) mass is 240 g/mol. The summed E-state index contributed by atoms with van der Waals surface area (Å²) in [6.07, 6.45) is 0.678. The smallest absolute Gasteiger partial charge is 0.146 e. The summed E-state index contributed by atoms with van der Waals surface area (Å²) < 4.78 is 31.4. The molecule has 2 atom stereocenters. The minimum atomic E-state index is -0.677. The molecule has 4 heteroatoms. The number of hydrogen-bond acceptors (Lipinski definition) is 2. The molecule has 0 bridgehead atoms. The molecule has 0 aromatic heterocycles. The van der Waals surface area contributed by atoms with Crippen molar-refractivity contribution in [1.82, 2.24) is 0 Å². The summed E-state index contributed by atoms with van der Waals surface area (Å²) in [6.45, 7) is 3.72. The SMILES string of the molecule is CCC1(C)C(=O)CC1Oc1cc(F)cc(F)c1. The van der Waals surface area contributed by atoms with E-state index in [1.807, 2.05) is 13.8 Å². The highest BCUT2D eigenvalue weighted by Gasteiger charge is 2.51. The lowest BCUT2D eigenvalue weighted by Crippen LogP contribution is -2.54. The molecular formula is C13H14F2O2. The van der Waals surface area contributed by atoms with Gasteiger partial charge in [-0.05, 0) is 13.3 Å². The number of ether oxygens (including phenoxy) is 1. The van der Waals surface area contributed by atoms with Gasteiger partial charge >= 0.3 is 0 Å². The fourth-order valence-corrected chi connectivity index (χ4v) is 2.03. The molecule has 1 aromatic rings. The van der Waals surface area contributed by atoms with Crippen molar-refractivity contribution in [2.45, 2.75) is 32.8 Å². The molecule has 2 nitrogen and oxygen atoms in total. The zero-order chi connectivity index (χ0) is 12.6. The second-order valence-corrected chi connectivity index (χ2v) is 4.61. The van der Waals surface area contributed by atoms with Gasteiger partial charge in [0.25, 0.3) is 0 Å². The number of rotatable bonds is 3. The minimum Gasteiger partial charge on any atom is -0.489 e. The number of Topliss-reactive ketones (excluding diaryl/α,β-unsaturated/α-hetero) is 1. The zero-order valence-electron chi connectivity index (χ0n) is 9.80. The van der Waals surface area contributed by atoms with Gasteiger partial charge in [-0.25, -0.2) is 8.78 Å². The molecule has 0 spiro atoms. The van der Waals surface area contributed by atoms with E-state index < -0.39 is 17.0 Å². The van der Waals surface area contributed by atoms with Crippen LogP contribution in [-0.2, 0) is 4.79 Å². The Labute approximate surface area is 98.6 Å². The summed E-state index contributed by atoms with van der Waals surface area (Å²) in [6, 6.07) is 3.04. The van der Waals surface area contributed by atoms with Crippen LogP contribution in [0.5, 0.6) is 5.75 Å². The second kappa shape index (κ2) is 4.09. The van der Waals surface area contributed by atoms with Crippen LogP contribution in [0.3, 0.4) is 0 Å². The maximum Gasteiger partial charge on any atom is 0.146 e. The van der Waals surface area contributed by atoms with Crippen molar-refractivity contribution in [1.29, 1.82) is 0 Å². The number of carbonyl (C=O) groups is 1. The summed E-state index contributed by atoms with van der Waals surface area (Å²) in [5, 5.41) is 0. The second-order valence-electron chi connectivity index (χ2n) is 4.61. The van der Waals surface area contributed by atoms with Gasteiger partial charge in [0.1, 0.15) is 29.3 Å². The lowest BCUT2D eigenvalue weighted by Gasteiger charge is -2.44. The van der Waals surface area contributed by atoms with Crippen molar-refractivity contribution < 1.29 is 18.3 Å². The van der Waals surface area contributed by atoms with Crippen LogP contribution in [-0.4, -0.2) is 11.9 Å². The van der Waals surface area contributed by atoms with Crippen LogP contribution >= 0.6 is 0 Å². The van der Waals surface area contributed by atoms with Crippen molar-refractivity contribution in [3.63, 3.8) is 0 Å². The first-order valence-corrected chi connectivity index (χ1v) is 5.62. The highest BCUT2D eigenvalue weighted by molar-refractivity contribution is 5.92. The van der Waals surface area contributed by atoms with E-state index >= 15 is 0 Å². The molecule has 1 saturated carbocycles. The molecule has 1 aliphatic carbocycles. The predicted molar refractivity (Wildman–Crippen MR) is 58.8 cm³/mol. The Morgan fingerprint density at radius 3 is 2.41 bits per heavy atom. The Morgan fingerprint density at radius 1 is 1.35 bits per heavy atom. The van der Waals surface area contributed by atoms with Gasteiger partial charge in [0.15, 0.2) is 0 Å². The number of benzene rings is 1. The molecule has 0 amide bonds. The highest BCUT2D eigenvalue weighted by Crippen LogP contribution is 2.42. The molecule has 2 unspecified atom stereocenters. The Kier molecular flexibility index (Phi) is 2.89. The maximum atomic E-state index is 13.0. The van der Waals surface area contributed by atoms with Gasteiger partial charge in [0, 0.05) is 24.6 Å². The minimum absolute atomic E-state index is 0.139. The molecule has 0 aliphatic heterocycles. The average molecular weight is 240 g/mol. The van der Waals surface area contributed by atoms with E-state index in [9.17, 15) is 13.6 Å². The van der Waals surface area contributed by atoms with E-state index in [-0.39, 0.29) is 17.6 Å². The Balaban J connectivity index is 2.14. The third-order valence-corrected chi connectivity index (χ3v) is 3.57. The van der Waals surface area contributed by atoms with Crippen molar-refractivity contribution in [2.75, 3.05) is 0 Å². The van der Waals surface area contributed by atoms with E-state index in [2.05, 4.69) is 0 Å². The maximum absolute atomic E-state index is 13.0. The molecule has 1 fully saturated rings. The lowest BCUT2D eigenvalue weighted by molar-refractivity contribution is -0.150. The number of ketones is 1. The van der Waals surface area contributed by atoms with E-state index in [4.69, 9.17) is 4.74 Å². The Morgan fingerprint density at radius 2 is 1.94 bits per heavy atom. The van der Waals surface area contributed by atoms with E-state index in [1.54, 1.807) is 0 Å². The topological polar surface area (TPSA) is 26.3 Å². The van der Waals surface area contributed by atoms with Crippen molar-refractivity contribution >= 4 is 5.78 Å². The number of halogens is 2. The first-order chi connectivity index (χ1) is 7.95. The summed E-state index contributed by atoms with van der Waals surface area (Å²) >= 11 is 0. The third-order valence-electron chi connectivity index (χ3n) is 3.57. The standard InChI is InChI=1S/C13H14F2O2/c1-3-13(2)11(16)7-12(13)17-10-5-8(14)4-9(15)6-10/h4-6,12H,3,7H2,1-2H3. The van der Waals surface area contributed by atoms with Crippen LogP contribution in [0.15, 0.2) is 18.2 Å². The van der Waals surface area contributed by atoms with Gasteiger partial charge in [0.2, 0.25) is 0 Å². The number of carbonyl (C=O) groups excluding carboxylic acids is 1. The first-order valence-electron chi connectivity index (χ1n) is 5.62. The molecule has 92 valence electrons. The molecule has 1 aromatic carbocycles. The summed E-state index contributed by atoms with van der Waals surface area (Å²) in [5.41, 5.74) is -0.525. The number of hydrogen-bond donors (Lipinski definition) is 0. The predicted octanol–water partition coefficient (Wildman–Crippen LogP) is 3.10. The average Bonchev–Trinajstić information content (AvgIpc) is 2.26. The van der Waals surface area contributed by atoms with Crippen LogP contribution in [0.4, 0.5) is 8.78 Å². The summed E-state index contributed by atoms with van der Waals surface area (Å²) in [7, 11) is 0. The summed E-state index contributed by atoms with van der Waals surface area (Å²) in [4.78, 5) is 11.5. The van der Waals surface area contributed by atoms with Crippen LogP contribution < -0.4 is 4.74 Å². The quantitative estimate of drug-likeness (QED) is 0.811. The van der Waals surface area contributed by atoms with Gasteiger partial charge in [-0.2, -0.15) is 0 Å². The van der Waals surface area contributed by atoms with Gasteiger partial charge in [-0.3, -0.25) is 4.79 Å². The van der Waals surface area contributed by atoms with Gasteiger partial charge < -0.3 is 4.74 Å². The van der Waals surface area contributed by atoms with Gasteiger partial charge in [0.05, 0.1) is 5.41 Å². The molecule has 17 heavy (non-hydrogen) atoms. The molecule has 2 rings (SSSR count). The molecule has 0 saturated heterocycles. The fraction of sp³-hybridized carbons (Fsp3) is 0.462. The normalized spacial score (nSPS) is 27.8. The molecule has 0 N–H and O–H groups in total. The third kappa shape index (κ3) is 2.04. The Bertz CT molecular complexity index is 438. The van der Waals surface area contributed by atoms with Crippen molar-refractivity contribution in [3.8, 4) is 5.75 Å². The molecule has 0 radical (unpaired) electrons. The van der Waals surface area contributed by atoms with Crippen molar-refractivity contribution in [2.24, 2.45) is 5.41 Å². The zero-order valence-corrected chi connectivity index (χ0v) is 9.80. The van der Waals surface area contributed by atoms with Crippen LogP contribution in [0.1, 0.15) is 26.7 Å². The van der Waals surface area contributed by atoms with Crippen molar-refractivity contribution in [3.05, 3.63) is 29.8 Å². The molecule has 1 aliphatic rings. The van der Waals surface area contributed by atoms with Crippen LogP contribution in [0.2, 0.25) is 0 Å². The summed E-state index contributed by atoms with van der Waals surface area (Å²) in [5.74, 6) is -1.07. The van der Waals surface area contributed by atoms with E-state index in [0.29, 0.717) is 12.8 Å². The largest absolute Gasteiger partial charge is 0.489 e. The molecule has 0 heterocycles. The van der Waals surface area contributed by atoms with E-state index in [1.165, 1.54) is 0 Å². The van der Waals surface area contributed by atoms with Crippen LogP contribution in [0, 0.1) is 17.0 Å². The Hall–Kier alpha value is -1.45. The van der Waals surface area contributed by atoms with Gasteiger partial charge in [-0.15, -0.1) is 0 Å².